The van der Waals surface area contributed by atoms with E-state index < -0.39 is 15.9 Å². The van der Waals surface area contributed by atoms with Crippen LogP contribution in [-0.4, -0.2) is 50.3 Å². The average molecular weight is 473 g/mol. The van der Waals surface area contributed by atoms with Gasteiger partial charge in [0.1, 0.15) is 6.61 Å². The zero-order chi connectivity index (χ0) is 24.0. The second kappa shape index (κ2) is 11.2. The molecule has 0 aromatic heterocycles. The number of aryl methyl sites for hydroxylation is 1. The zero-order valence-corrected chi connectivity index (χ0v) is 20.8. The standard InChI is InChI=1S/C26H36N2O4S/c1-19(2)28(4)23-12-15-25(27-26(29)32-17-21-8-6-5-7-9-21)22(16-23)18-33(30,31)24-13-10-20(3)11-14-24/h5-11,13-14,19,22-23,25H,12,15-18H2,1-4H3,(H,27,29)/t22-,23+,25-/m0/s1. The maximum atomic E-state index is 13.2. The summed E-state index contributed by atoms with van der Waals surface area (Å²) >= 11 is 0. The molecule has 1 aliphatic carbocycles. The molecule has 0 unspecified atom stereocenters. The molecule has 180 valence electrons. The highest BCUT2D eigenvalue weighted by atomic mass is 32.2. The molecule has 0 radical (unpaired) electrons. The Morgan fingerprint density at radius 2 is 1.76 bits per heavy atom. The van der Waals surface area contributed by atoms with E-state index in [1.807, 2.05) is 49.4 Å². The van der Waals surface area contributed by atoms with Gasteiger partial charge in [-0.25, -0.2) is 13.2 Å². The number of nitrogens with zero attached hydrogens (tertiary/aromatic N) is 1. The number of sulfone groups is 1. The minimum absolute atomic E-state index is 0.00211. The molecule has 0 bridgehead atoms. The number of carbonyl (C=O) groups excluding carboxylic acids is 1. The van der Waals surface area contributed by atoms with Crippen LogP contribution >= 0.6 is 0 Å². The van der Waals surface area contributed by atoms with Crippen molar-refractivity contribution in [3.63, 3.8) is 0 Å². The van der Waals surface area contributed by atoms with E-state index in [1.165, 1.54) is 0 Å². The lowest BCUT2D eigenvalue weighted by Gasteiger charge is -2.41. The van der Waals surface area contributed by atoms with Crippen LogP contribution in [0.2, 0.25) is 0 Å². The van der Waals surface area contributed by atoms with Crippen LogP contribution in [0.3, 0.4) is 0 Å². The predicted molar refractivity (Wildman–Crippen MR) is 131 cm³/mol. The number of nitrogens with one attached hydrogen (secondary N) is 1. The summed E-state index contributed by atoms with van der Waals surface area (Å²) in [5.41, 5.74) is 1.93. The van der Waals surface area contributed by atoms with Gasteiger partial charge in [-0.15, -0.1) is 0 Å². The average Bonchev–Trinajstić information content (AvgIpc) is 2.79. The first kappa shape index (κ1) is 25.2. The Labute approximate surface area is 198 Å². The highest BCUT2D eigenvalue weighted by Gasteiger charge is 2.37. The molecule has 1 aliphatic rings. The van der Waals surface area contributed by atoms with Gasteiger partial charge in [0.25, 0.3) is 0 Å². The van der Waals surface area contributed by atoms with E-state index in [0.717, 1.165) is 24.0 Å². The smallest absolute Gasteiger partial charge is 0.407 e. The molecule has 2 aromatic carbocycles. The molecule has 2 aromatic rings. The molecule has 6 nitrogen and oxygen atoms in total. The van der Waals surface area contributed by atoms with Crippen LogP contribution in [0.25, 0.3) is 0 Å². The van der Waals surface area contributed by atoms with Crippen LogP contribution in [0.4, 0.5) is 4.79 Å². The summed E-state index contributed by atoms with van der Waals surface area (Å²) in [5, 5.41) is 2.97. The van der Waals surface area contributed by atoms with Crippen LogP contribution in [0.1, 0.15) is 44.2 Å². The molecule has 3 atom stereocenters. The minimum atomic E-state index is -3.48. The molecule has 33 heavy (non-hydrogen) atoms. The molecule has 1 N–H and O–H groups in total. The summed E-state index contributed by atoms with van der Waals surface area (Å²) < 4.78 is 31.8. The normalized spacial score (nSPS) is 21.2. The van der Waals surface area contributed by atoms with Crippen LogP contribution in [0.5, 0.6) is 0 Å². The Hall–Kier alpha value is -2.38. The van der Waals surface area contributed by atoms with Gasteiger partial charge in [0.05, 0.1) is 10.6 Å². The number of rotatable bonds is 8. The molecule has 0 aliphatic heterocycles. The summed E-state index contributed by atoms with van der Waals surface area (Å²) in [6.07, 6.45) is 1.83. The summed E-state index contributed by atoms with van der Waals surface area (Å²) in [6.45, 7) is 6.40. The topological polar surface area (TPSA) is 75.7 Å². The summed E-state index contributed by atoms with van der Waals surface area (Å²) in [7, 11) is -1.39. The molecular weight excluding hydrogens is 436 g/mol. The Morgan fingerprint density at radius 3 is 2.39 bits per heavy atom. The Bertz CT molecular complexity index is 1010. The largest absolute Gasteiger partial charge is 0.445 e. The van der Waals surface area contributed by atoms with Crippen molar-refractivity contribution in [2.24, 2.45) is 5.92 Å². The highest BCUT2D eigenvalue weighted by Crippen LogP contribution is 2.31. The monoisotopic (exact) mass is 472 g/mol. The zero-order valence-electron chi connectivity index (χ0n) is 20.0. The molecule has 1 saturated carbocycles. The van der Waals surface area contributed by atoms with E-state index in [4.69, 9.17) is 4.74 Å². The van der Waals surface area contributed by atoms with Gasteiger partial charge in [0.2, 0.25) is 0 Å². The SMILES string of the molecule is Cc1ccc(S(=O)(=O)C[C@@H]2C[C@H](N(C)C(C)C)CC[C@@H]2NC(=O)OCc2ccccc2)cc1. The van der Waals surface area contributed by atoms with E-state index in [9.17, 15) is 13.2 Å². The molecular formula is C26H36N2O4S. The molecule has 7 heteroatoms. The maximum absolute atomic E-state index is 13.2. The Balaban J connectivity index is 1.71. The highest BCUT2D eigenvalue weighted by molar-refractivity contribution is 7.91. The van der Waals surface area contributed by atoms with Crippen molar-refractivity contribution < 1.29 is 17.9 Å². The number of hydrogen-bond donors (Lipinski definition) is 1. The van der Waals surface area contributed by atoms with Gasteiger partial charge in [-0.05, 0) is 70.7 Å². The number of ether oxygens (including phenoxy) is 1. The lowest BCUT2D eigenvalue weighted by Crippen LogP contribution is -2.51. The Kier molecular flexibility index (Phi) is 8.54. The van der Waals surface area contributed by atoms with Crippen molar-refractivity contribution in [3.8, 4) is 0 Å². The maximum Gasteiger partial charge on any atom is 0.407 e. The first-order valence-electron chi connectivity index (χ1n) is 11.6. The third-order valence-electron chi connectivity index (χ3n) is 6.67. The van der Waals surface area contributed by atoms with Crippen molar-refractivity contribution >= 4 is 15.9 Å². The van der Waals surface area contributed by atoms with Crippen molar-refractivity contribution in [3.05, 3.63) is 65.7 Å². The van der Waals surface area contributed by atoms with Crippen molar-refractivity contribution in [1.82, 2.24) is 10.2 Å². The number of benzene rings is 2. The van der Waals surface area contributed by atoms with E-state index in [-0.39, 0.29) is 30.4 Å². The van der Waals surface area contributed by atoms with E-state index in [0.29, 0.717) is 17.4 Å². The van der Waals surface area contributed by atoms with Crippen LogP contribution in [0.15, 0.2) is 59.5 Å². The quantitative estimate of drug-likeness (QED) is 0.609. The third-order valence-corrected chi connectivity index (χ3v) is 8.53. The molecule has 3 rings (SSSR count). The van der Waals surface area contributed by atoms with Gasteiger partial charge < -0.3 is 15.0 Å². The second-order valence-electron chi connectivity index (χ2n) is 9.39. The fourth-order valence-electron chi connectivity index (χ4n) is 4.44. The van der Waals surface area contributed by atoms with Gasteiger partial charge >= 0.3 is 6.09 Å². The third kappa shape index (κ3) is 7.05. The van der Waals surface area contributed by atoms with Gasteiger partial charge in [-0.1, -0.05) is 48.0 Å². The van der Waals surface area contributed by atoms with Crippen molar-refractivity contribution in [1.29, 1.82) is 0 Å². The van der Waals surface area contributed by atoms with Crippen LogP contribution < -0.4 is 5.32 Å². The van der Waals surface area contributed by atoms with E-state index in [1.54, 1.807) is 12.1 Å². The summed E-state index contributed by atoms with van der Waals surface area (Å²) in [4.78, 5) is 15.2. The summed E-state index contributed by atoms with van der Waals surface area (Å²) in [6, 6.07) is 16.9. The predicted octanol–water partition coefficient (Wildman–Crippen LogP) is 4.57. The second-order valence-corrected chi connectivity index (χ2v) is 11.4. The summed E-state index contributed by atoms with van der Waals surface area (Å²) in [5.74, 6) is -0.192. The van der Waals surface area contributed by atoms with Gasteiger partial charge in [-0.2, -0.15) is 0 Å². The first-order valence-corrected chi connectivity index (χ1v) is 13.3. The van der Waals surface area contributed by atoms with Crippen LogP contribution in [0, 0.1) is 12.8 Å². The molecule has 0 heterocycles. The van der Waals surface area contributed by atoms with E-state index >= 15 is 0 Å². The number of alkyl carbamates (subject to hydrolysis) is 1. The van der Waals surface area contributed by atoms with Gasteiger partial charge in [0.15, 0.2) is 9.84 Å². The Morgan fingerprint density at radius 1 is 1.09 bits per heavy atom. The fraction of sp³-hybridized carbons (Fsp3) is 0.500. The number of hydrogen-bond acceptors (Lipinski definition) is 5. The molecule has 1 amide bonds. The van der Waals surface area contributed by atoms with E-state index in [2.05, 4.69) is 31.1 Å². The van der Waals surface area contributed by atoms with Crippen molar-refractivity contribution in [2.75, 3.05) is 12.8 Å². The van der Waals surface area contributed by atoms with Crippen molar-refractivity contribution in [2.45, 2.75) is 69.7 Å². The fourth-order valence-corrected chi connectivity index (χ4v) is 6.12. The van der Waals surface area contributed by atoms with Crippen LogP contribution in [-0.2, 0) is 21.2 Å². The molecule has 1 fully saturated rings. The minimum Gasteiger partial charge on any atom is -0.445 e. The van der Waals surface area contributed by atoms with Gasteiger partial charge in [0, 0.05) is 18.1 Å². The molecule has 0 saturated heterocycles. The molecule has 0 spiro atoms. The van der Waals surface area contributed by atoms with Gasteiger partial charge in [-0.3, -0.25) is 0 Å². The lowest BCUT2D eigenvalue weighted by atomic mass is 9.81. The lowest BCUT2D eigenvalue weighted by molar-refractivity contribution is 0.100. The first-order chi connectivity index (χ1) is 15.7. The number of carbonyl (C=O) groups is 1. The number of amides is 1.